The number of carbonyl (C=O) groups excluding carboxylic acids is 1. The van der Waals surface area contributed by atoms with E-state index in [0.717, 1.165) is 4.90 Å². The topological polar surface area (TPSA) is 35.5 Å². The molecule has 0 atom stereocenters. The predicted molar refractivity (Wildman–Crippen MR) is 51.3 cm³/mol. The van der Waals surface area contributed by atoms with Gasteiger partial charge in [0.2, 0.25) is 0 Å². The summed E-state index contributed by atoms with van der Waals surface area (Å²) in [6.45, 7) is 0. The van der Waals surface area contributed by atoms with Crippen LogP contribution in [0.15, 0.2) is 29.2 Å². The van der Waals surface area contributed by atoms with Crippen LogP contribution in [0.1, 0.15) is 0 Å². The first-order valence-electron chi connectivity index (χ1n) is 3.66. The lowest BCUT2D eigenvalue weighted by Gasteiger charge is -2.02. The van der Waals surface area contributed by atoms with E-state index in [-0.39, 0.29) is 0 Å². The predicted octanol–water partition coefficient (Wildman–Crippen LogP) is 2.55. The number of benzene rings is 1. The van der Waals surface area contributed by atoms with Crippen molar-refractivity contribution in [2.75, 3.05) is 13.4 Å². The molecule has 0 amide bonds. The Morgan fingerprint density at radius 1 is 1.31 bits per heavy atom. The normalized spacial score (nSPS) is 9.38. The van der Waals surface area contributed by atoms with E-state index in [9.17, 15) is 4.79 Å². The van der Waals surface area contributed by atoms with Crippen LogP contribution >= 0.6 is 11.8 Å². The Bertz CT molecular complexity index is 281. The van der Waals surface area contributed by atoms with Gasteiger partial charge in [0.05, 0.1) is 7.11 Å². The Hall–Kier alpha value is -1.16. The molecule has 0 aliphatic carbocycles. The molecule has 0 bridgehead atoms. The number of rotatable bonds is 2. The van der Waals surface area contributed by atoms with Crippen molar-refractivity contribution in [1.82, 2.24) is 0 Å². The van der Waals surface area contributed by atoms with Gasteiger partial charge < -0.3 is 9.47 Å². The number of carbonyl (C=O) groups is 1. The standard InChI is InChI=1S/C9H10O3S/c1-11-9(10)12-7-3-5-8(13-2)6-4-7/h3-6H,1-2H3. The molecule has 4 heteroatoms. The second kappa shape index (κ2) is 4.77. The van der Waals surface area contributed by atoms with Gasteiger partial charge in [-0.1, -0.05) is 0 Å². The van der Waals surface area contributed by atoms with E-state index < -0.39 is 6.16 Å². The summed E-state index contributed by atoms with van der Waals surface area (Å²) in [5, 5.41) is 0. The minimum atomic E-state index is -0.697. The van der Waals surface area contributed by atoms with Crippen molar-refractivity contribution in [3.05, 3.63) is 24.3 Å². The number of ether oxygens (including phenoxy) is 2. The molecule has 0 N–H and O–H groups in total. The lowest BCUT2D eigenvalue weighted by Crippen LogP contribution is -2.06. The fourth-order valence-electron chi connectivity index (χ4n) is 0.782. The summed E-state index contributed by atoms with van der Waals surface area (Å²) < 4.78 is 9.14. The monoisotopic (exact) mass is 198 g/mol. The molecule has 1 aromatic rings. The van der Waals surface area contributed by atoms with Crippen LogP contribution in [0.2, 0.25) is 0 Å². The fourth-order valence-corrected chi connectivity index (χ4v) is 1.19. The molecule has 3 nitrogen and oxygen atoms in total. The van der Waals surface area contributed by atoms with E-state index in [0.29, 0.717) is 5.75 Å². The van der Waals surface area contributed by atoms with Gasteiger partial charge in [-0.25, -0.2) is 4.79 Å². The summed E-state index contributed by atoms with van der Waals surface area (Å²) in [6.07, 6.45) is 1.28. The van der Waals surface area contributed by atoms with E-state index >= 15 is 0 Å². The van der Waals surface area contributed by atoms with Crippen molar-refractivity contribution in [1.29, 1.82) is 0 Å². The summed E-state index contributed by atoms with van der Waals surface area (Å²) in [4.78, 5) is 11.8. The van der Waals surface area contributed by atoms with E-state index in [1.165, 1.54) is 7.11 Å². The molecule has 0 radical (unpaired) electrons. The maximum absolute atomic E-state index is 10.7. The van der Waals surface area contributed by atoms with Crippen molar-refractivity contribution in [3.63, 3.8) is 0 Å². The first-order chi connectivity index (χ1) is 6.26. The number of hydrogen-bond acceptors (Lipinski definition) is 4. The zero-order valence-electron chi connectivity index (χ0n) is 7.44. The second-order valence-electron chi connectivity index (χ2n) is 2.23. The molecule has 0 aromatic heterocycles. The third-order valence-corrected chi connectivity index (χ3v) is 2.17. The van der Waals surface area contributed by atoms with Gasteiger partial charge in [-0.05, 0) is 30.5 Å². The van der Waals surface area contributed by atoms with Crippen LogP contribution < -0.4 is 4.74 Å². The highest BCUT2D eigenvalue weighted by Crippen LogP contribution is 2.18. The summed E-state index contributed by atoms with van der Waals surface area (Å²) >= 11 is 1.63. The molecule has 0 aliphatic heterocycles. The van der Waals surface area contributed by atoms with Gasteiger partial charge in [0, 0.05) is 4.90 Å². The first kappa shape index (κ1) is 9.92. The minimum absolute atomic E-state index is 0.490. The van der Waals surface area contributed by atoms with E-state index in [2.05, 4.69) is 4.74 Å². The molecule has 0 heterocycles. The van der Waals surface area contributed by atoms with Gasteiger partial charge >= 0.3 is 6.16 Å². The molecule has 13 heavy (non-hydrogen) atoms. The average molecular weight is 198 g/mol. The van der Waals surface area contributed by atoms with Crippen molar-refractivity contribution in [2.45, 2.75) is 4.90 Å². The van der Waals surface area contributed by atoms with Crippen molar-refractivity contribution >= 4 is 17.9 Å². The van der Waals surface area contributed by atoms with Crippen LogP contribution in [-0.2, 0) is 4.74 Å². The number of thioether (sulfide) groups is 1. The smallest absolute Gasteiger partial charge is 0.437 e. The maximum atomic E-state index is 10.7. The summed E-state index contributed by atoms with van der Waals surface area (Å²) in [7, 11) is 1.28. The van der Waals surface area contributed by atoms with Gasteiger partial charge in [-0.3, -0.25) is 0 Å². The number of hydrogen-bond donors (Lipinski definition) is 0. The van der Waals surface area contributed by atoms with Crippen molar-refractivity contribution in [3.8, 4) is 5.75 Å². The summed E-state index contributed by atoms with van der Waals surface area (Å²) in [5.74, 6) is 0.490. The van der Waals surface area contributed by atoms with Gasteiger partial charge in [0.1, 0.15) is 5.75 Å². The fraction of sp³-hybridized carbons (Fsp3) is 0.222. The van der Waals surface area contributed by atoms with E-state index in [1.807, 2.05) is 18.4 Å². The molecule has 0 saturated carbocycles. The van der Waals surface area contributed by atoms with Gasteiger partial charge in [0.15, 0.2) is 0 Å². The molecule has 1 aromatic carbocycles. The molecule has 1 rings (SSSR count). The molecule has 0 fully saturated rings. The largest absolute Gasteiger partial charge is 0.513 e. The average Bonchev–Trinajstić information content (AvgIpc) is 2.19. The molecule has 0 saturated heterocycles. The van der Waals surface area contributed by atoms with E-state index in [4.69, 9.17) is 4.74 Å². The highest BCUT2D eigenvalue weighted by molar-refractivity contribution is 7.98. The quantitative estimate of drug-likeness (QED) is 0.415. The highest BCUT2D eigenvalue weighted by atomic mass is 32.2. The van der Waals surface area contributed by atoms with Gasteiger partial charge in [-0.2, -0.15) is 0 Å². The maximum Gasteiger partial charge on any atom is 0.513 e. The molecule has 70 valence electrons. The third-order valence-electron chi connectivity index (χ3n) is 1.43. The SMILES string of the molecule is COC(=O)Oc1ccc(SC)cc1. The lowest BCUT2D eigenvalue weighted by atomic mass is 10.3. The molecule has 0 aliphatic rings. The lowest BCUT2D eigenvalue weighted by molar-refractivity contribution is 0.121. The minimum Gasteiger partial charge on any atom is -0.437 e. The molecular formula is C9H10O3S. The van der Waals surface area contributed by atoms with Crippen LogP contribution in [0.4, 0.5) is 4.79 Å². The van der Waals surface area contributed by atoms with Crippen molar-refractivity contribution < 1.29 is 14.3 Å². The second-order valence-corrected chi connectivity index (χ2v) is 3.11. The third kappa shape index (κ3) is 2.99. The number of methoxy groups -OCH3 is 1. The Labute approximate surface area is 81.0 Å². The van der Waals surface area contributed by atoms with Crippen molar-refractivity contribution in [2.24, 2.45) is 0 Å². The zero-order chi connectivity index (χ0) is 9.68. The zero-order valence-corrected chi connectivity index (χ0v) is 8.26. The summed E-state index contributed by atoms with van der Waals surface area (Å²) in [5.41, 5.74) is 0. The Morgan fingerprint density at radius 3 is 2.38 bits per heavy atom. The van der Waals surface area contributed by atoms with Crippen LogP contribution in [-0.4, -0.2) is 19.5 Å². The van der Waals surface area contributed by atoms with Crippen LogP contribution in [0.25, 0.3) is 0 Å². The van der Waals surface area contributed by atoms with Crippen LogP contribution in [0.5, 0.6) is 5.75 Å². The molecule has 0 spiro atoms. The van der Waals surface area contributed by atoms with Gasteiger partial charge in [-0.15, -0.1) is 11.8 Å². The Morgan fingerprint density at radius 2 is 1.92 bits per heavy atom. The highest BCUT2D eigenvalue weighted by Gasteiger charge is 2.02. The first-order valence-corrected chi connectivity index (χ1v) is 4.88. The van der Waals surface area contributed by atoms with Gasteiger partial charge in [0.25, 0.3) is 0 Å². The Balaban J connectivity index is 2.64. The molecule has 0 unspecified atom stereocenters. The van der Waals surface area contributed by atoms with E-state index in [1.54, 1.807) is 23.9 Å². The molecular weight excluding hydrogens is 188 g/mol. The Kier molecular flexibility index (Phi) is 3.64. The van der Waals surface area contributed by atoms with Crippen LogP contribution in [0, 0.1) is 0 Å². The van der Waals surface area contributed by atoms with Crippen LogP contribution in [0.3, 0.4) is 0 Å². The summed E-state index contributed by atoms with van der Waals surface area (Å²) in [6, 6.07) is 7.21.